The number of hydrogen-bond donors (Lipinski definition) is 2. The molecule has 0 saturated heterocycles. The minimum Gasteiger partial charge on any atom is -0.467 e. The summed E-state index contributed by atoms with van der Waals surface area (Å²) in [6, 6.07) is 10.1. The zero-order valence-electron chi connectivity index (χ0n) is 15.8. The van der Waals surface area contributed by atoms with E-state index < -0.39 is 29.6 Å². The second-order valence-corrected chi connectivity index (χ2v) is 7.20. The van der Waals surface area contributed by atoms with Crippen molar-refractivity contribution in [3.8, 4) is 0 Å². The highest BCUT2D eigenvalue weighted by atomic mass is 16.5. The van der Waals surface area contributed by atoms with Crippen LogP contribution in [0, 0.1) is 0 Å². The zero-order valence-corrected chi connectivity index (χ0v) is 15.8. The quantitative estimate of drug-likeness (QED) is 0.633. The second-order valence-electron chi connectivity index (χ2n) is 7.20. The molecule has 0 fully saturated rings. The highest BCUT2D eigenvalue weighted by molar-refractivity contribution is 6.05. The van der Waals surface area contributed by atoms with Crippen molar-refractivity contribution in [2.75, 3.05) is 12.8 Å². The van der Waals surface area contributed by atoms with E-state index in [1.807, 2.05) is 45.0 Å². The summed E-state index contributed by atoms with van der Waals surface area (Å²) in [4.78, 5) is 24.9. The van der Waals surface area contributed by atoms with Gasteiger partial charge in [-0.25, -0.2) is 4.79 Å². The van der Waals surface area contributed by atoms with Gasteiger partial charge in [0.1, 0.15) is 0 Å². The van der Waals surface area contributed by atoms with Gasteiger partial charge in [0.2, 0.25) is 0 Å². The molecule has 0 spiro atoms. The van der Waals surface area contributed by atoms with Crippen molar-refractivity contribution in [1.29, 1.82) is 0 Å². The van der Waals surface area contributed by atoms with E-state index in [0.717, 1.165) is 10.8 Å². The summed E-state index contributed by atoms with van der Waals surface area (Å²) in [5, 5.41) is 4.52. The van der Waals surface area contributed by atoms with Gasteiger partial charge in [-0.2, -0.15) is 0 Å². The number of esters is 1. The lowest BCUT2D eigenvalue weighted by molar-refractivity contribution is -0.150. The van der Waals surface area contributed by atoms with Crippen LogP contribution in [0.3, 0.4) is 0 Å². The minimum absolute atomic E-state index is 0.306. The van der Waals surface area contributed by atoms with Gasteiger partial charge < -0.3 is 20.5 Å². The maximum atomic E-state index is 12.8. The molecule has 0 aliphatic rings. The van der Waals surface area contributed by atoms with Crippen LogP contribution in [0.15, 0.2) is 36.4 Å². The average molecular weight is 358 g/mol. The van der Waals surface area contributed by atoms with E-state index in [2.05, 4.69) is 5.32 Å². The minimum atomic E-state index is -0.947. The van der Waals surface area contributed by atoms with Gasteiger partial charge in [0, 0.05) is 5.69 Å². The molecule has 26 heavy (non-hydrogen) atoms. The Kier molecular flexibility index (Phi) is 5.87. The molecule has 2 rings (SSSR count). The summed E-state index contributed by atoms with van der Waals surface area (Å²) < 4.78 is 10.6. The Bertz CT molecular complexity index is 811. The van der Waals surface area contributed by atoms with E-state index in [4.69, 9.17) is 15.2 Å². The van der Waals surface area contributed by atoms with Crippen molar-refractivity contribution in [2.45, 2.75) is 45.4 Å². The Morgan fingerprint density at radius 1 is 1.12 bits per heavy atom. The Labute approximate surface area is 153 Å². The lowest BCUT2D eigenvalue weighted by atomic mass is 10.0. The highest BCUT2D eigenvalue weighted by Gasteiger charge is 2.32. The summed E-state index contributed by atoms with van der Waals surface area (Å²) in [5.74, 6) is -1.03. The normalized spacial score (nSPS) is 13.9. The standard InChI is InChI=1S/C20H26N2O4/c1-12(26-20(2,3)4)17(19(24)25-5)22-18(23)15-10-13-8-6-7-9-14(13)11-16(15)21/h6-12,17H,21H2,1-5H3,(H,22,23)/t12-,17+/m1/s1. The summed E-state index contributed by atoms with van der Waals surface area (Å²) in [7, 11) is 1.27. The van der Waals surface area contributed by atoms with Crippen molar-refractivity contribution in [3.63, 3.8) is 0 Å². The van der Waals surface area contributed by atoms with Crippen LogP contribution < -0.4 is 11.1 Å². The molecule has 0 radical (unpaired) electrons. The Balaban J connectivity index is 2.29. The zero-order chi connectivity index (χ0) is 19.5. The number of hydrogen-bond acceptors (Lipinski definition) is 5. The number of nitrogens with one attached hydrogen (secondary N) is 1. The first-order valence-corrected chi connectivity index (χ1v) is 8.47. The molecule has 2 aromatic rings. The number of rotatable bonds is 5. The van der Waals surface area contributed by atoms with Crippen molar-refractivity contribution in [2.24, 2.45) is 0 Å². The number of anilines is 1. The summed E-state index contributed by atoms with van der Waals surface area (Å²) >= 11 is 0. The number of fused-ring (bicyclic) bond motifs is 1. The smallest absolute Gasteiger partial charge is 0.331 e. The van der Waals surface area contributed by atoms with Crippen LogP contribution in [0.25, 0.3) is 10.8 Å². The number of amides is 1. The van der Waals surface area contributed by atoms with Crippen molar-refractivity contribution >= 4 is 28.3 Å². The second kappa shape index (κ2) is 7.74. The van der Waals surface area contributed by atoms with Crippen LogP contribution in [0.2, 0.25) is 0 Å². The van der Waals surface area contributed by atoms with Crippen LogP contribution in [-0.2, 0) is 14.3 Å². The predicted molar refractivity (Wildman–Crippen MR) is 102 cm³/mol. The first-order chi connectivity index (χ1) is 12.1. The van der Waals surface area contributed by atoms with Gasteiger partial charge in [0.25, 0.3) is 5.91 Å². The fourth-order valence-electron chi connectivity index (χ4n) is 2.79. The van der Waals surface area contributed by atoms with Gasteiger partial charge in [-0.1, -0.05) is 24.3 Å². The molecule has 6 nitrogen and oxygen atoms in total. The van der Waals surface area contributed by atoms with Gasteiger partial charge in [0.05, 0.1) is 24.4 Å². The van der Waals surface area contributed by atoms with Crippen molar-refractivity contribution in [3.05, 3.63) is 42.0 Å². The van der Waals surface area contributed by atoms with E-state index in [1.165, 1.54) is 7.11 Å². The molecule has 3 N–H and O–H groups in total. The van der Waals surface area contributed by atoms with Gasteiger partial charge in [-0.3, -0.25) is 4.79 Å². The van der Waals surface area contributed by atoms with Gasteiger partial charge in [-0.15, -0.1) is 0 Å². The highest BCUT2D eigenvalue weighted by Crippen LogP contribution is 2.22. The Morgan fingerprint density at radius 3 is 2.23 bits per heavy atom. The number of nitrogens with two attached hydrogens (primary N) is 1. The molecule has 0 saturated carbocycles. The fourth-order valence-corrected chi connectivity index (χ4v) is 2.79. The van der Waals surface area contributed by atoms with E-state index in [9.17, 15) is 9.59 Å². The third-order valence-corrected chi connectivity index (χ3v) is 3.91. The number of methoxy groups -OCH3 is 1. The molecular formula is C20H26N2O4. The molecule has 0 bridgehead atoms. The molecule has 2 aromatic carbocycles. The molecule has 140 valence electrons. The number of ether oxygens (including phenoxy) is 2. The summed E-state index contributed by atoms with van der Waals surface area (Å²) in [5.41, 5.74) is 6.22. The van der Waals surface area contributed by atoms with E-state index >= 15 is 0 Å². The van der Waals surface area contributed by atoms with E-state index in [1.54, 1.807) is 19.1 Å². The fraction of sp³-hybridized carbons (Fsp3) is 0.400. The van der Waals surface area contributed by atoms with Gasteiger partial charge >= 0.3 is 5.97 Å². The van der Waals surface area contributed by atoms with Gasteiger partial charge in [0.15, 0.2) is 6.04 Å². The Hall–Kier alpha value is -2.60. The maximum Gasteiger partial charge on any atom is 0.331 e. The third kappa shape index (κ3) is 4.73. The van der Waals surface area contributed by atoms with E-state index in [0.29, 0.717) is 11.3 Å². The lowest BCUT2D eigenvalue weighted by Gasteiger charge is -2.30. The van der Waals surface area contributed by atoms with Crippen LogP contribution in [0.1, 0.15) is 38.1 Å². The molecule has 0 unspecified atom stereocenters. The summed E-state index contributed by atoms with van der Waals surface area (Å²) in [6.07, 6.45) is -0.576. The van der Waals surface area contributed by atoms with Crippen molar-refractivity contribution in [1.82, 2.24) is 5.32 Å². The topological polar surface area (TPSA) is 90.7 Å². The Morgan fingerprint density at radius 2 is 1.69 bits per heavy atom. The lowest BCUT2D eigenvalue weighted by Crippen LogP contribution is -2.51. The van der Waals surface area contributed by atoms with Crippen LogP contribution in [0.5, 0.6) is 0 Å². The number of carbonyl (C=O) groups is 2. The molecular weight excluding hydrogens is 332 g/mol. The molecule has 0 heterocycles. The maximum absolute atomic E-state index is 12.8. The molecule has 2 atom stereocenters. The molecule has 1 amide bonds. The largest absolute Gasteiger partial charge is 0.467 e. The van der Waals surface area contributed by atoms with E-state index in [-0.39, 0.29) is 0 Å². The molecule has 0 aliphatic heterocycles. The first-order valence-electron chi connectivity index (χ1n) is 8.47. The first kappa shape index (κ1) is 19.7. The molecule has 0 aromatic heterocycles. The number of benzene rings is 2. The van der Waals surface area contributed by atoms with Crippen LogP contribution in [0.4, 0.5) is 5.69 Å². The van der Waals surface area contributed by atoms with Crippen LogP contribution >= 0.6 is 0 Å². The van der Waals surface area contributed by atoms with Crippen LogP contribution in [-0.4, -0.2) is 36.7 Å². The number of nitrogen functional groups attached to an aromatic ring is 1. The number of carbonyl (C=O) groups excluding carboxylic acids is 2. The summed E-state index contributed by atoms with van der Waals surface area (Å²) in [6.45, 7) is 7.35. The predicted octanol–water partition coefficient (Wildman–Crippen LogP) is 2.90. The van der Waals surface area contributed by atoms with Crippen molar-refractivity contribution < 1.29 is 19.1 Å². The third-order valence-electron chi connectivity index (χ3n) is 3.91. The molecule has 6 heteroatoms. The van der Waals surface area contributed by atoms with Gasteiger partial charge in [-0.05, 0) is 50.6 Å². The SMILES string of the molecule is COC(=O)[C@@H](NC(=O)c1cc2ccccc2cc1N)[C@@H](C)OC(C)(C)C. The average Bonchev–Trinajstić information content (AvgIpc) is 2.56. The monoisotopic (exact) mass is 358 g/mol. The molecule has 0 aliphatic carbocycles.